The SMILES string of the molecule is C1=C[C@H]2C[C@H]1C[C@@H]2CN1CCC2(CCc3ccccc32)CC1. The van der Waals surface area contributed by atoms with Crippen molar-refractivity contribution in [3.63, 3.8) is 0 Å². The highest BCUT2D eigenvalue weighted by Gasteiger charge is 2.42. The van der Waals surface area contributed by atoms with Gasteiger partial charge in [-0.05, 0) is 85.9 Å². The number of aryl methyl sites for hydroxylation is 1. The van der Waals surface area contributed by atoms with E-state index in [1.54, 1.807) is 11.1 Å². The van der Waals surface area contributed by atoms with Gasteiger partial charge in [-0.1, -0.05) is 36.4 Å². The van der Waals surface area contributed by atoms with E-state index in [0.717, 1.165) is 17.8 Å². The van der Waals surface area contributed by atoms with Gasteiger partial charge in [-0.3, -0.25) is 0 Å². The van der Waals surface area contributed by atoms with Crippen LogP contribution in [0.2, 0.25) is 0 Å². The van der Waals surface area contributed by atoms with E-state index in [9.17, 15) is 0 Å². The van der Waals surface area contributed by atoms with Gasteiger partial charge in [0, 0.05) is 6.54 Å². The van der Waals surface area contributed by atoms with Crippen LogP contribution in [0, 0.1) is 17.8 Å². The average Bonchev–Trinajstić information content (AvgIpc) is 3.25. The largest absolute Gasteiger partial charge is 0.303 e. The number of allylic oxidation sites excluding steroid dienone is 2. The maximum Gasteiger partial charge on any atom is 0.00155 e. The lowest BCUT2D eigenvalue weighted by atomic mass is 9.73. The van der Waals surface area contributed by atoms with E-state index >= 15 is 0 Å². The van der Waals surface area contributed by atoms with Gasteiger partial charge in [-0.25, -0.2) is 0 Å². The van der Waals surface area contributed by atoms with Crippen LogP contribution < -0.4 is 0 Å². The number of nitrogens with zero attached hydrogens (tertiary/aromatic N) is 1. The van der Waals surface area contributed by atoms with Gasteiger partial charge in [-0.15, -0.1) is 0 Å². The van der Waals surface area contributed by atoms with Gasteiger partial charge in [0.15, 0.2) is 0 Å². The van der Waals surface area contributed by atoms with Crippen molar-refractivity contribution < 1.29 is 0 Å². The zero-order chi connectivity index (χ0) is 14.6. The van der Waals surface area contributed by atoms with E-state index in [-0.39, 0.29) is 0 Å². The molecule has 1 spiro atoms. The van der Waals surface area contributed by atoms with Crippen LogP contribution in [-0.2, 0) is 11.8 Å². The third kappa shape index (κ3) is 2.01. The first-order chi connectivity index (χ1) is 10.8. The van der Waals surface area contributed by atoms with Gasteiger partial charge < -0.3 is 4.90 Å². The van der Waals surface area contributed by atoms with Crippen LogP contribution in [0.25, 0.3) is 0 Å². The Bertz CT molecular complexity index is 594. The van der Waals surface area contributed by atoms with Gasteiger partial charge >= 0.3 is 0 Å². The van der Waals surface area contributed by atoms with Gasteiger partial charge in [0.05, 0.1) is 0 Å². The molecule has 0 amide bonds. The fourth-order valence-electron chi connectivity index (χ4n) is 5.88. The molecule has 1 aromatic carbocycles. The Hall–Kier alpha value is -1.08. The molecular formula is C21H27N. The highest BCUT2D eigenvalue weighted by atomic mass is 15.1. The molecule has 22 heavy (non-hydrogen) atoms. The third-order valence-electron chi connectivity index (χ3n) is 7.18. The summed E-state index contributed by atoms with van der Waals surface area (Å²) in [6, 6.07) is 9.24. The molecule has 1 aliphatic heterocycles. The minimum Gasteiger partial charge on any atom is -0.303 e. The van der Waals surface area contributed by atoms with Crippen molar-refractivity contribution in [3.8, 4) is 0 Å². The normalized spacial score (nSPS) is 35.4. The molecule has 1 saturated heterocycles. The van der Waals surface area contributed by atoms with Crippen LogP contribution in [0.1, 0.15) is 43.2 Å². The summed E-state index contributed by atoms with van der Waals surface area (Å²) in [6.07, 6.45) is 13.4. The second-order valence-corrected chi connectivity index (χ2v) is 8.28. The minimum atomic E-state index is 0.529. The molecule has 2 fully saturated rings. The van der Waals surface area contributed by atoms with Crippen molar-refractivity contribution >= 4 is 0 Å². The highest BCUT2D eigenvalue weighted by molar-refractivity contribution is 5.39. The minimum absolute atomic E-state index is 0.529. The second-order valence-electron chi connectivity index (χ2n) is 8.28. The quantitative estimate of drug-likeness (QED) is 0.739. The summed E-state index contributed by atoms with van der Waals surface area (Å²) in [5.74, 6) is 2.79. The van der Waals surface area contributed by atoms with Gasteiger partial charge in [0.1, 0.15) is 0 Å². The Morgan fingerprint density at radius 2 is 1.86 bits per heavy atom. The first-order valence-corrected chi connectivity index (χ1v) is 9.31. The van der Waals surface area contributed by atoms with Crippen molar-refractivity contribution in [2.24, 2.45) is 17.8 Å². The Kier molecular flexibility index (Phi) is 3.01. The van der Waals surface area contributed by atoms with Crippen LogP contribution in [0.3, 0.4) is 0 Å². The van der Waals surface area contributed by atoms with E-state index in [1.807, 2.05) is 0 Å². The third-order valence-corrected chi connectivity index (χ3v) is 7.18. The Morgan fingerprint density at radius 1 is 1.00 bits per heavy atom. The summed E-state index contributed by atoms with van der Waals surface area (Å²) in [5, 5.41) is 0. The number of piperidine rings is 1. The lowest BCUT2D eigenvalue weighted by Crippen LogP contribution is -2.43. The molecule has 1 heteroatoms. The van der Waals surface area contributed by atoms with Crippen LogP contribution >= 0.6 is 0 Å². The van der Waals surface area contributed by atoms with Crippen molar-refractivity contribution in [1.29, 1.82) is 0 Å². The molecule has 2 bridgehead atoms. The molecule has 4 aliphatic rings. The van der Waals surface area contributed by atoms with Crippen LogP contribution in [0.4, 0.5) is 0 Å². The topological polar surface area (TPSA) is 3.24 Å². The van der Waals surface area contributed by atoms with Crippen molar-refractivity contribution in [3.05, 3.63) is 47.5 Å². The molecule has 0 unspecified atom stereocenters. The smallest absolute Gasteiger partial charge is 0.00155 e. The van der Waals surface area contributed by atoms with Crippen LogP contribution in [0.5, 0.6) is 0 Å². The van der Waals surface area contributed by atoms with Crippen LogP contribution in [0.15, 0.2) is 36.4 Å². The molecule has 116 valence electrons. The lowest BCUT2D eigenvalue weighted by molar-refractivity contribution is 0.133. The lowest BCUT2D eigenvalue weighted by Gasteiger charge is -2.41. The van der Waals surface area contributed by atoms with E-state index < -0.39 is 0 Å². The molecule has 1 nitrogen and oxygen atoms in total. The molecule has 0 aromatic heterocycles. The fraction of sp³-hybridized carbons (Fsp3) is 0.619. The van der Waals surface area contributed by atoms with E-state index in [1.165, 1.54) is 58.2 Å². The number of likely N-dealkylation sites (tertiary alicyclic amines) is 1. The summed E-state index contributed by atoms with van der Waals surface area (Å²) in [6.45, 7) is 4.01. The summed E-state index contributed by atoms with van der Waals surface area (Å²) in [7, 11) is 0. The van der Waals surface area contributed by atoms with Gasteiger partial charge in [0.25, 0.3) is 0 Å². The molecule has 1 heterocycles. The monoisotopic (exact) mass is 293 g/mol. The fourth-order valence-corrected chi connectivity index (χ4v) is 5.88. The Labute approximate surface area is 134 Å². The van der Waals surface area contributed by atoms with Crippen LogP contribution in [-0.4, -0.2) is 24.5 Å². The number of hydrogen-bond acceptors (Lipinski definition) is 1. The zero-order valence-electron chi connectivity index (χ0n) is 13.5. The van der Waals surface area contributed by atoms with Gasteiger partial charge in [0.2, 0.25) is 0 Å². The molecular weight excluding hydrogens is 266 g/mol. The summed E-state index contributed by atoms with van der Waals surface area (Å²) in [5.41, 5.74) is 3.86. The summed E-state index contributed by atoms with van der Waals surface area (Å²) in [4.78, 5) is 2.78. The molecule has 5 rings (SSSR count). The standard InChI is InChI=1S/C21H27N/c1-2-4-20-17(3-1)7-8-21(20)9-11-22(12-10-21)15-19-14-16-5-6-18(19)13-16/h1-6,16,18-19H,7-15H2/t16-,18-,19+/m0/s1. The maximum absolute atomic E-state index is 2.78. The van der Waals surface area contributed by atoms with E-state index in [2.05, 4.69) is 41.3 Å². The number of fused-ring (bicyclic) bond motifs is 4. The molecule has 1 saturated carbocycles. The highest BCUT2D eigenvalue weighted by Crippen LogP contribution is 2.47. The van der Waals surface area contributed by atoms with Crippen molar-refractivity contribution in [2.45, 2.75) is 43.9 Å². The first-order valence-electron chi connectivity index (χ1n) is 9.31. The Morgan fingerprint density at radius 3 is 2.64 bits per heavy atom. The number of hydrogen-bond donors (Lipinski definition) is 0. The summed E-state index contributed by atoms with van der Waals surface area (Å²) >= 11 is 0. The molecule has 3 aliphatic carbocycles. The maximum atomic E-state index is 2.78. The molecule has 3 atom stereocenters. The van der Waals surface area contributed by atoms with E-state index in [0.29, 0.717) is 5.41 Å². The summed E-state index contributed by atoms with van der Waals surface area (Å²) < 4.78 is 0. The zero-order valence-corrected chi connectivity index (χ0v) is 13.5. The van der Waals surface area contributed by atoms with Crippen molar-refractivity contribution in [1.82, 2.24) is 4.90 Å². The Balaban J connectivity index is 1.25. The first kappa shape index (κ1) is 13.4. The second kappa shape index (κ2) is 4.96. The number of benzene rings is 1. The van der Waals surface area contributed by atoms with E-state index in [4.69, 9.17) is 0 Å². The van der Waals surface area contributed by atoms with Crippen molar-refractivity contribution in [2.75, 3.05) is 19.6 Å². The molecule has 0 N–H and O–H groups in total. The van der Waals surface area contributed by atoms with Gasteiger partial charge in [-0.2, -0.15) is 0 Å². The predicted molar refractivity (Wildman–Crippen MR) is 91.0 cm³/mol. The predicted octanol–water partition coefficient (Wildman–Crippen LogP) is 4.18. The average molecular weight is 293 g/mol. The molecule has 0 radical (unpaired) electrons. The number of rotatable bonds is 2. The molecule has 1 aromatic rings.